The van der Waals surface area contributed by atoms with Gasteiger partial charge in [0.05, 0.1) is 0 Å². The molecule has 2 aliphatic rings. The maximum absolute atomic E-state index is 12.8. The third kappa shape index (κ3) is 6.06. The van der Waals surface area contributed by atoms with Crippen LogP contribution < -0.4 is 10.2 Å². The van der Waals surface area contributed by atoms with Crippen LogP contribution in [-0.4, -0.2) is 76.9 Å². The molecular weight excluding hydrogens is 432 g/mol. The van der Waals surface area contributed by atoms with Crippen molar-refractivity contribution in [3.63, 3.8) is 0 Å². The van der Waals surface area contributed by atoms with Crippen LogP contribution in [0.2, 0.25) is 5.15 Å². The second kappa shape index (κ2) is 8.88. The molecule has 0 radical (unpaired) electrons. The van der Waals surface area contributed by atoms with Crippen LogP contribution in [0.1, 0.15) is 12.7 Å². The van der Waals surface area contributed by atoms with Gasteiger partial charge in [-0.3, -0.25) is 4.90 Å². The average Bonchev–Trinajstić information content (AvgIpc) is 2.60. The van der Waals surface area contributed by atoms with E-state index >= 15 is 0 Å². The number of carbonyl (C=O) groups is 1. The Balaban J connectivity index is 0.000000370. The van der Waals surface area contributed by atoms with Gasteiger partial charge in [0.15, 0.2) is 0 Å². The second-order valence-electron chi connectivity index (χ2n) is 6.42. The summed E-state index contributed by atoms with van der Waals surface area (Å²) >= 11 is 5.72. The van der Waals surface area contributed by atoms with E-state index in [1.54, 1.807) is 0 Å². The summed E-state index contributed by atoms with van der Waals surface area (Å²) in [6, 6.07) is 1.83. The summed E-state index contributed by atoms with van der Waals surface area (Å²) < 4.78 is 70.1. The number of aromatic nitrogens is 2. The van der Waals surface area contributed by atoms with Crippen molar-refractivity contribution < 1.29 is 36.2 Å². The fourth-order valence-corrected chi connectivity index (χ4v) is 3.18. The third-order valence-electron chi connectivity index (χ3n) is 4.52. The highest BCUT2D eigenvalue weighted by Crippen LogP contribution is 2.33. The molecule has 0 aliphatic carbocycles. The zero-order valence-corrected chi connectivity index (χ0v) is 15.8. The molecule has 164 valence electrons. The number of carboxylic acids is 1. The lowest BCUT2D eigenvalue weighted by Gasteiger charge is -2.52. The quantitative estimate of drug-likeness (QED) is 0.529. The first-order valence-electron chi connectivity index (χ1n) is 8.44. The van der Waals surface area contributed by atoms with E-state index in [0.717, 1.165) is 26.2 Å². The standard InChI is InChI=1S/C13H17ClF3N5.C2HF3O2/c1-8-9(21-4-2-18-3-5-21)7-22(8)11-6-10(14)19-12(20-11)13(15,16)17;3-2(4,5)1(6)7/h6,8-9,18H,2-5,7H2,1H3;(H,6,7)/t8-,9-;/m1./s1. The predicted molar refractivity (Wildman–Crippen MR) is 90.8 cm³/mol. The van der Waals surface area contributed by atoms with Gasteiger partial charge in [-0.05, 0) is 6.92 Å². The van der Waals surface area contributed by atoms with Crippen LogP contribution in [0.3, 0.4) is 0 Å². The largest absolute Gasteiger partial charge is 0.490 e. The van der Waals surface area contributed by atoms with Gasteiger partial charge in [-0.2, -0.15) is 26.3 Å². The van der Waals surface area contributed by atoms with E-state index in [-0.39, 0.29) is 17.0 Å². The van der Waals surface area contributed by atoms with Gasteiger partial charge in [0, 0.05) is 50.9 Å². The number of alkyl halides is 6. The first-order valence-corrected chi connectivity index (χ1v) is 8.82. The Bertz CT molecular complexity index is 726. The topological polar surface area (TPSA) is 81.6 Å². The van der Waals surface area contributed by atoms with Crippen molar-refractivity contribution in [1.29, 1.82) is 0 Å². The predicted octanol–water partition coefficient (Wildman–Crippen LogP) is 2.26. The minimum absolute atomic E-state index is 0.102. The van der Waals surface area contributed by atoms with Crippen molar-refractivity contribution in [2.75, 3.05) is 37.6 Å². The van der Waals surface area contributed by atoms with E-state index in [0.29, 0.717) is 12.6 Å². The molecule has 14 heteroatoms. The summed E-state index contributed by atoms with van der Waals surface area (Å²) in [6.45, 7) is 6.47. The summed E-state index contributed by atoms with van der Waals surface area (Å²) in [5.74, 6) is -3.70. The van der Waals surface area contributed by atoms with Crippen LogP contribution in [0.4, 0.5) is 32.2 Å². The molecule has 0 amide bonds. The zero-order chi connectivity index (χ0) is 22.0. The van der Waals surface area contributed by atoms with Crippen LogP contribution in [0.25, 0.3) is 0 Å². The maximum atomic E-state index is 12.8. The molecule has 7 nitrogen and oxygen atoms in total. The Kier molecular flexibility index (Phi) is 7.17. The lowest BCUT2D eigenvalue weighted by molar-refractivity contribution is -0.192. The highest BCUT2D eigenvalue weighted by molar-refractivity contribution is 6.29. The molecule has 0 saturated carbocycles. The highest BCUT2D eigenvalue weighted by Gasteiger charge is 2.42. The molecule has 2 atom stereocenters. The molecule has 2 fully saturated rings. The Morgan fingerprint density at radius 1 is 1.21 bits per heavy atom. The Morgan fingerprint density at radius 3 is 2.21 bits per heavy atom. The van der Waals surface area contributed by atoms with E-state index in [2.05, 4.69) is 20.2 Å². The molecule has 2 N–H and O–H groups in total. The number of halogens is 7. The number of hydrogen-bond acceptors (Lipinski definition) is 6. The molecule has 0 unspecified atom stereocenters. The number of hydrogen-bond donors (Lipinski definition) is 2. The molecule has 3 rings (SSSR count). The Labute approximate surface area is 166 Å². The smallest absolute Gasteiger partial charge is 0.475 e. The van der Waals surface area contributed by atoms with E-state index in [9.17, 15) is 26.3 Å². The molecule has 0 spiro atoms. The van der Waals surface area contributed by atoms with Gasteiger partial charge in [0.25, 0.3) is 0 Å². The van der Waals surface area contributed by atoms with Gasteiger partial charge in [-0.1, -0.05) is 11.6 Å². The number of nitrogens with zero attached hydrogens (tertiary/aromatic N) is 4. The maximum Gasteiger partial charge on any atom is 0.490 e. The van der Waals surface area contributed by atoms with Crippen LogP contribution in [0, 0.1) is 0 Å². The fraction of sp³-hybridized carbons (Fsp3) is 0.667. The minimum atomic E-state index is -5.08. The summed E-state index contributed by atoms with van der Waals surface area (Å²) in [7, 11) is 0. The van der Waals surface area contributed by atoms with Crippen LogP contribution >= 0.6 is 11.6 Å². The molecular formula is C15H18ClF6N5O2. The van der Waals surface area contributed by atoms with Crippen LogP contribution in [0.15, 0.2) is 6.07 Å². The summed E-state index contributed by atoms with van der Waals surface area (Å²) in [4.78, 5) is 20.0. The molecule has 1 aromatic rings. The lowest BCUT2D eigenvalue weighted by atomic mass is 9.95. The molecule has 0 bridgehead atoms. The van der Waals surface area contributed by atoms with Gasteiger partial charge in [-0.25, -0.2) is 14.8 Å². The zero-order valence-electron chi connectivity index (χ0n) is 15.1. The Hall–Kier alpha value is -1.86. The van der Waals surface area contributed by atoms with Crippen LogP contribution in [0.5, 0.6) is 0 Å². The second-order valence-corrected chi connectivity index (χ2v) is 6.81. The molecule has 0 aromatic carbocycles. The van der Waals surface area contributed by atoms with E-state index < -0.39 is 24.1 Å². The van der Waals surface area contributed by atoms with Gasteiger partial charge in [0.2, 0.25) is 5.82 Å². The van der Waals surface area contributed by atoms with Crippen LogP contribution in [-0.2, 0) is 11.0 Å². The first-order chi connectivity index (χ1) is 13.3. The fourth-order valence-electron chi connectivity index (χ4n) is 3.01. The molecule has 1 aromatic heterocycles. The number of aliphatic carboxylic acids is 1. The highest BCUT2D eigenvalue weighted by atomic mass is 35.5. The van der Waals surface area contributed by atoms with Gasteiger partial charge in [-0.15, -0.1) is 0 Å². The molecule has 29 heavy (non-hydrogen) atoms. The first kappa shape index (κ1) is 23.4. The van der Waals surface area contributed by atoms with E-state index in [1.165, 1.54) is 6.07 Å². The van der Waals surface area contributed by atoms with E-state index in [1.807, 2.05) is 11.8 Å². The van der Waals surface area contributed by atoms with Crippen molar-refractivity contribution in [2.45, 2.75) is 31.4 Å². The molecule has 3 heterocycles. The van der Waals surface area contributed by atoms with Crippen molar-refractivity contribution in [3.8, 4) is 0 Å². The third-order valence-corrected chi connectivity index (χ3v) is 4.72. The number of carboxylic acid groups (broad SMARTS) is 1. The van der Waals surface area contributed by atoms with Gasteiger partial charge < -0.3 is 15.3 Å². The summed E-state index contributed by atoms with van der Waals surface area (Å²) in [5, 5.41) is 10.2. The van der Waals surface area contributed by atoms with Crippen molar-refractivity contribution in [2.24, 2.45) is 0 Å². The number of anilines is 1. The number of piperazine rings is 1. The Morgan fingerprint density at radius 2 is 1.76 bits per heavy atom. The van der Waals surface area contributed by atoms with Crippen molar-refractivity contribution in [1.82, 2.24) is 20.2 Å². The number of rotatable bonds is 2. The summed E-state index contributed by atoms with van der Waals surface area (Å²) in [5.41, 5.74) is 0. The van der Waals surface area contributed by atoms with Gasteiger partial charge in [0.1, 0.15) is 11.0 Å². The summed E-state index contributed by atoms with van der Waals surface area (Å²) in [6.07, 6.45) is -9.67. The monoisotopic (exact) mass is 449 g/mol. The molecule has 2 saturated heterocycles. The van der Waals surface area contributed by atoms with Gasteiger partial charge >= 0.3 is 18.3 Å². The number of nitrogens with one attached hydrogen (secondary N) is 1. The van der Waals surface area contributed by atoms with Crippen molar-refractivity contribution >= 4 is 23.4 Å². The average molecular weight is 450 g/mol. The lowest BCUT2D eigenvalue weighted by Crippen LogP contribution is -2.68. The SMILES string of the molecule is C[C@@H]1[C@H](N2CCNCC2)CN1c1cc(Cl)nc(C(F)(F)F)n1.O=C(O)C(F)(F)F. The minimum Gasteiger partial charge on any atom is -0.475 e. The van der Waals surface area contributed by atoms with Crippen molar-refractivity contribution in [3.05, 3.63) is 17.0 Å². The molecule has 2 aliphatic heterocycles. The van der Waals surface area contributed by atoms with E-state index in [4.69, 9.17) is 21.5 Å². The normalized spacial score (nSPS) is 23.1.